The highest BCUT2D eigenvalue weighted by Gasteiger charge is 2.21. The van der Waals surface area contributed by atoms with E-state index in [1.165, 1.54) is 0 Å². The molecule has 10 heteroatoms. The summed E-state index contributed by atoms with van der Waals surface area (Å²) in [6.45, 7) is 5.15. The Balaban J connectivity index is 1.47. The SMILES string of the molecule is COCCOCOc1ccc(C=CC=CC(=O)N2CCN(CC(O)c3ccccc3)CC2)cc1OCOCCOC. The largest absolute Gasteiger partial charge is 0.464 e. The average Bonchev–Trinajstić information content (AvgIpc) is 3.00. The topological polar surface area (TPSA) is 99.2 Å². The van der Waals surface area contributed by atoms with Gasteiger partial charge in [-0.15, -0.1) is 0 Å². The Morgan fingerprint density at radius 2 is 1.51 bits per heavy atom. The highest BCUT2D eigenvalue weighted by molar-refractivity contribution is 5.88. The first-order chi connectivity index (χ1) is 20.1. The van der Waals surface area contributed by atoms with Crippen molar-refractivity contribution in [3.63, 3.8) is 0 Å². The van der Waals surface area contributed by atoms with Crippen LogP contribution in [0.2, 0.25) is 0 Å². The summed E-state index contributed by atoms with van der Waals surface area (Å²) in [5.41, 5.74) is 1.77. The van der Waals surface area contributed by atoms with E-state index in [-0.39, 0.29) is 19.5 Å². The van der Waals surface area contributed by atoms with Gasteiger partial charge >= 0.3 is 0 Å². The number of amides is 1. The van der Waals surface area contributed by atoms with Gasteiger partial charge in [-0.25, -0.2) is 0 Å². The summed E-state index contributed by atoms with van der Waals surface area (Å²) >= 11 is 0. The molecule has 0 saturated carbocycles. The predicted molar refractivity (Wildman–Crippen MR) is 156 cm³/mol. The summed E-state index contributed by atoms with van der Waals surface area (Å²) < 4.78 is 32.2. The molecule has 1 atom stereocenters. The molecule has 41 heavy (non-hydrogen) atoms. The molecule has 0 bridgehead atoms. The summed E-state index contributed by atoms with van der Waals surface area (Å²) in [5, 5.41) is 10.5. The van der Waals surface area contributed by atoms with Crippen LogP contribution in [0.1, 0.15) is 17.2 Å². The van der Waals surface area contributed by atoms with Crippen molar-refractivity contribution in [2.75, 3.05) is 87.0 Å². The normalized spacial score (nSPS) is 15.0. The molecule has 0 radical (unpaired) electrons. The van der Waals surface area contributed by atoms with Gasteiger partial charge in [-0.3, -0.25) is 9.69 Å². The second kappa shape index (κ2) is 19.0. The van der Waals surface area contributed by atoms with Gasteiger partial charge in [0.1, 0.15) is 0 Å². The highest BCUT2D eigenvalue weighted by Crippen LogP contribution is 2.29. The lowest BCUT2D eigenvalue weighted by atomic mass is 10.1. The minimum absolute atomic E-state index is 0.0349. The Kier molecular flexibility index (Phi) is 14.9. The van der Waals surface area contributed by atoms with E-state index >= 15 is 0 Å². The minimum Gasteiger partial charge on any atom is -0.464 e. The fourth-order valence-electron chi connectivity index (χ4n) is 4.06. The lowest BCUT2D eigenvalue weighted by Crippen LogP contribution is -2.49. The number of rotatable bonds is 18. The van der Waals surface area contributed by atoms with Crippen molar-refractivity contribution >= 4 is 12.0 Å². The molecule has 1 N–H and O–H groups in total. The summed E-state index contributed by atoms with van der Waals surface area (Å²) in [6, 6.07) is 15.2. The molecule has 1 aliphatic heterocycles. The van der Waals surface area contributed by atoms with E-state index in [1.807, 2.05) is 59.5 Å². The van der Waals surface area contributed by atoms with Crippen LogP contribution in [0.5, 0.6) is 11.5 Å². The van der Waals surface area contributed by atoms with Crippen molar-refractivity contribution in [2.24, 2.45) is 0 Å². The Morgan fingerprint density at radius 3 is 2.17 bits per heavy atom. The first-order valence-corrected chi connectivity index (χ1v) is 13.7. The molecule has 224 valence electrons. The van der Waals surface area contributed by atoms with Crippen molar-refractivity contribution in [3.8, 4) is 11.5 Å². The summed E-state index contributed by atoms with van der Waals surface area (Å²) in [7, 11) is 3.22. The Bertz CT molecular complexity index is 1070. The van der Waals surface area contributed by atoms with Crippen molar-refractivity contribution in [1.82, 2.24) is 9.80 Å². The van der Waals surface area contributed by atoms with Crippen LogP contribution in [0.3, 0.4) is 0 Å². The first-order valence-electron chi connectivity index (χ1n) is 13.7. The van der Waals surface area contributed by atoms with E-state index in [1.54, 1.807) is 32.4 Å². The molecule has 1 aliphatic rings. The van der Waals surface area contributed by atoms with Gasteiger partial charge in [0.05, 0.1) is 32.5 Å². The molecular weight excluding hydrogens is 528 g/mol. The lowest BCUT2D eigenvalue weighted by Gasteiger charge is -2.35. The molecule has 1 amide bonds. The Morgan fingerprint density at radius 1 is 0.854 bits per heavy atom. The fourth-order valence-corrected chi connectivity index (χ4v) is 4.06. The maximum absolute atomic E-state index is 12.7. The third-order valence-corrected chi connectivity index (χ3v) is 6.36. The number of hydrogen-bond donors (Lipinski definition) is 1. The molecule has 0 aromatic heterocycles. The third kappa shape index (κ3) is 12.0. The number of allylic oxidation sites excluding steroid dienone is 2. The monoisotopic (exact) mass is 570 g/mol. The van der Waals surface area contributed by atoms with Gasteiger partial charge in [-0.1, -0.05) is 54.6 Å². The molecule has 1 fully saturated rings. The highest BCUT2D eigenvalue weighted by atomic mass is 16.7. The number of hydrogen-bond acceptors (Lipinski definition) is 9. The second-order valence-electron chi connectivity index (χ2n) is 9.30. The predicted octanol–water partition coefficient (Wildman–Crippen LogP) is 3.13. The zero-order valence-corrected chi connectivity index (χ0v) is 24.0. The number of methoxy groups -OCH3 is 2. The molecule has 3 rings (SSSR count). The minimum atomic E-state index is -0.535. The number of piperazine rings is 1. The summed E-state index contributed by atoms with van der Waals surface area (Å²) in [4.78, 5) is 16.7. The van der Waals surface area contributed by atoms with Crippen LogP contribution in [0.25, 0.3) is 6.08 Å². The number of carbonyl (C=O) groups is 1. The van der Waals surface area contributed by atoms with Crippen molar-refractivity contribution < 1.29 is 38.3 Å². The van der Waals surface area contributed by atoms with Gasteiger partial charge in [-0.05, 0) is 23.3 Å². The molecule has 2 aromatic rings. The van der Waals surface area contributed by atoms with Gasteiger partial charge in [0, 0.05) is 53.0 Å². The fraction of sp³-hybridized carbons (Fsp3) is 0.452. The van der Waals surface area contributed by atoms with Crippen molar-refractivity contribution in [2.45, 2.75) is 6.10 Å². The van der Waals surface area contributed by atoms with E-state index in [4.69, 9.17) is 28.4 Å². The van der Waals surface area contributed by atoms with E-state index in [2.05, 4.69) is 4.90 Å². The smallest absolute Gasteiger partial charge is 0.246 e. The molecular formula is C31H42N2O8. The molecule has 1 unspecified atom stereocenters. The number of carbonyl (C=O) groups excluding carboxylic acids is 1. The first kappa shape index (κ1) is 32.3. The van der Waals surface area contributed by atoms with Gasteiger partial charge in [0.2, 0.25) is 5.91 Å². The second-order valence-corrected chi connectivity index (χ2v) is 9.30. The molecule has 0 spiro atoms. The number of ether oxygens (including phenoxy) is 6. The molecule has 10 nitrogen and oxygen atoms in total. The van der Waals surface area contributed by atoms with E-state index in [0.717, 1.165) is 24.2 Å². The molecule has 2 aromatic carbocycles. The maximum atomic E-state index is 12.7. The average molecular weight is 571 g/mol. The molecule has 1 heterocycles. The van der Waals surface area contributed by atoms with Crippen LogP contribution in [-0.4, -0.2) is 108 Å². The summed E-state index contributed by atoms with van der Waals surface area (Å²) in [5.74, 6) is 0.999. The van der Waals surface area contributed by atoms with Crippen LogP contribution >= 0.6 is 0 Å². The number of β-amino-alcohol motifs (C(OH)–C–C–N with tert-alkyl or cyclic N) is 1. The van der Waals surface area contributed by atoms with Crippen LogP contribution < -0.4 is 9.47 Å². The Labute approximate surface area is 242 Å². The van der Waals surface area contributed by atoms with Gasteiger partial charge < -0.3 is 38.4 Å². The zero-order valence-electron chi connectivity index (χ0n) is 24.0. The van der Waals surface area contributed by atoms with E-state index in [0.29, 0.717) is 57.6 Å². The van der Waals surface area contributed by atoms with Crippen LogP contribution in [-0.2, 0) is 23.7 Å². The number of aliphatic hydroxyl groups excluding tert-OH is 1. The van der Waals surface area contributed by atoms with Gasteiger partial charge in [0.25, 0.3) is 0 Å². The quantitative estimate of drug-likeness (QED) is 0.125. The molecule has 1 saturated heterocycles. The van der Waals surface area contributed by atoms with E-state index in [9.17, 15) is 9.90 Å². The van der Waals surface area contributed by atoms with Crippen molar-refractivity contribution in [1.29, 1.82) is 0 Å². The van der Waals surface area contributed by atoms with E-state index < -0.39 is 6.10 Å². The zero-order chi connectivity index (χ0) is 29.1. The Hall–Kier alpha value is -3.25. The molecule has 0 aliphatic carbocycles. The van der Waals surface area contributed by atoms with Gasteiger partial charge in [0.15, 0.2) is 25.1 Å². The van der Waals surface area contributed by atoms with Crippen LogP contribution in [0.4, 0.5) is 0 Å². The maximum Gasteiger partial charge on any atom is 0.246 e. The van der Waals surface area contributed by atoms with Crippen LogP contribution in [0.15, 0.2) is 66.8 Å². The van der Waals surface area contributed by atoms with Crippen LogP contribution in [0, 0.1) is 0 Å². The number of nitrogens with zero attached hydrogens (tertiary/aromatic N) is 2. The lowest BCUT2D eigenvalue weighted by molar-refractivity contribution is -0.127. The summed E-state index contributed by atoms with van der Waals surface area (Å²) in [6.07, 6.45) is 6.46. The van der Waals surface area contributed by atoms with Crippen molar-refractivity contribution in [3.05, 3.63) is 77.9 Å². The number of aliphatic hydroxyl groups is 1. The number of benzene rings is 2. The third-order valence-electron chi connectivity index (χ3n) is 6.36. The standard InChI is InChI=1S/C31H42N2O8/c1-36-18-20-38-24-40-29-13-12-26(22-30(29)41-25-39-21-19-37-2)8-6-7-11-31(35)33-16-14-32(15-17-33)23-28(34)27-9-4-3-5-10-27/h3-13,22,28,34H,14-21,23-25H2,1-2H3. The van der Waals surface area contributed by atoms with Gasteiger partial charge in [-0.2, -0.15) is 0 Å².